The second-order valence-corrected chi connectivity index (χ2v) is 2.75. The van der Waals surface area contributed by atoms with Crippen molar-refractivity contribution in [1.82, 2.24) is 0 Å². The molecular formula is C7H12O2. The standard InChI is InChI=1S/C7H12O2/c1-2-6-7(8-4-1)3-5-9-6/h6-7H,1-5H2. The van der Waals surface area contributed by atoms with E-state index in [-0.39, 0.29) is 0 Å². The largest absolute Gasteiger partial charge is 0.375 e. The van der Waals surface area contributed by atoms with E-state index < -0.39 is 0 Å². The van der Waals surface area contributed by atoms with Crippen LogP contribution in [-0.4, -0.2) is 25.4 Å². The van der Waals surface area contributed by atoms with Crippen molar-refractivity contribution in [1.29, 1.82) is 0 Å². The smallest absolute Gasteiger partial charge is 0.0858 e. The molecule has 2 fully saturated rings. The maximum absolute atomic E-state index is 5.48. The average Bonchev–Trinajstić information content (AvgIpc) is 2.33. The van der Waals surface area contributed by atoms with Crippen molar-refractivity contribution >= 4 is 0 Å². The van der Waals surface area contributed by atoms with Crippen LogP contribution in [0, 0.1) is 0 Å². The molecule has 0 amide bonds. The quantitative estimate of drug-likeness (QED) is 0.483. The van der Waals surface area contributed by atoms with Gasteiger partial charge in [0, 0.05) is 13.2 Å². The van der Waals surface area contributed by atoms with Crippen molar-refractivity contribution in [2.24, 2.45) is 0 Å². The van der Waals surface area contributed by atoms with Crippen LogP contribution in [0.2, 0.25) is 0 Å². The zero-order chi connectivity index (χ0) is 6.10. The Kier molecular flexibility index (Phi) is 1.44. The Balaban J connectivity index is 1.97. The van der Waals surface area contributed by atoms with Gasteiger partial charge >= 0.3 is 0 Å². The van der Waals surface area contributed by atoms with E-state index in [9.17, 15) is 0 Å². The van der Waals surface area contributed by atoms with Gasteiger partial charge in [0.15, 0.2) is 0 Å². The Bertz CT molecular complexity index is 91.1. The maximum atomic E-state index is 5.48. The molecule has 0 spiro atoms. The van der Waals surface area contributed by atoms with Gasteiger partial charge in [-0.2, -0.15) is 0 Å². The number of fused-ring (bicyclic) bond motifs is 1. The lowest BCUT2D eigenvalue weighted by atomic mass is 10.1. The van der Waals surface area contributed by atoms with Gasteiger partial charge in [0.2, 0.25) is 0 Å². The van der Waals surface area contributed by atoms with E-state index in [1.807, 2.05) is 0 Å². The third-order valence-electron chi connectivity index (χ3n) is 2.11. The predicted octanol–water partition coefficient (Wildman–Crippen LogP) is 0.954. The summed E-state index contributed by atoms with van der Waals surface area (Å²) in [6, 6.07) is 0. The minimum Gasteiger partial charge on any atom is -0.375 e. The molecule has 0 aromatic heterocycles. The van der Waals surface area contributed by atoms with Crippen LogP contribution in [0.15, 0.2) is 0 Å². The fraction of sp³-hybridized carbons (Fsp3) is 1.00. The molecule has 0 aliphatic carbocycles. The van der Waals surface area contributed by atoms with E-state index >= 15 is 0 Å². The highest BCUT2D eigenvalue weighted by Gasteiger charge is 2.31. The molecule has 0 aromatic carbocycles. The number of rotatable bonds is 0. The Morgan fingerprint density at radius 1 is 0.889 bits per heavy atom. The summed E-state index contributed by atoms with van der Waals surface area (Å²) < 4.78 is 10.9. The Labute approximate surface area is 55.1 Å². The Hall–Kier alpha value is -0.0800. The Morgan fingerprint density at radius 3 is 2.56 bits per heavy atom. The van der Waals surface area contributed by atoms with Crippen molar-refractivity contribution in [3.05, 3.63) is 0 Å². The first-order chi connectivity index (χ1) is 4.47. The molecule has 2 rings (SSSR count). The van der Waals surface area contributed by atoms with Gasteiger partial charge in [-0.1, -0.05) is 0 Å². The molecule has 2 aliphatic heterocycles. The predicted molar refractivity (Wildman–Crippen MR) is 33.3 cm³/mol. The minimum atomic E-state index is 0.443. The summed E-state index contributed by atoms with van der Waals surface area (Å²) in [5.41, 5.74) is 0. The van der Waals surface area contributed by atoms with Crippen molar-refractivity contribution in [3.63, 3.8) is 0 Å². The van der Waals surface area contributed by atoms with Crippen LogP contribution in [0.4, 0.5) is 0 Å². The molecular weight excluding hydrogens is 116 g/mol. The van der Waals surface area contributed by atoms with Crippen molar-refractivity contribution < 1.29 is 9.47 Å². The van der Waals surface area contributed by atoms with Crippen molar-refractivity contribution in [3.8, 4) is 0 Å². The third kappa shape index (κ3) is 0.970. The van der Waals surface area contributed by atoms with Gasteiger partial charge in [-0.05, 0) is 19.3 Å². The molecule has 0 saturated carbocycles. The van der Waals surface area contributed by atoms with E-state index in [4.69, 9.17) is 9.47 Å². The topological polar surface area (TPSA) is 18.5 Å². The molecule has 2 nitrogen and oxygen atoms in total. The van der Waals surface area contributed by atoms with Gasteiger partial charge in [-0.3, -0.25) is 0 Å². The second-order valence-electron chi connectivity index (χ2n) is 2.75. The van der Waals surface area contributed by atoms with E-state index in [0.29, 0.717) is 12.2 Å². The lowest BCUT2D eigenvalue weighted by Crippen LogP contribution is -2.29. The van der Waals surface area contributed by atoms with Crippen LogP contribution in [0.3, 0.4) is 0 Å². The molecule has 0 aromatic rings. The van der Waals surface area contributed by atoms with E-state index in [0.717, 1.165) is 19.6 Å². The minimum absolute atomic E-state index is 0.443. The van der Waals surface area contributed by atoms with Crippen LogP contribution < -0.4 is 0 Å². The van der Waals surface area contributed by atoms with Gasteiger partial charge in [0.25, 0.3) is 0 Å². The summed E-state index contributed by atoms with van der Waals surface area (Å²) in [7, 11) is 0. The molecule has 9 heavy (non-hydrogen) atoms. The van der Waals surface area contributed by atoms with E-state index in [1.165, 1.54) is 12.8 Å². The second kappa shape index (κ2) is 2.27. The van der Waals surface area contributed by atoms with Gasteiger partial charge in [-0.25, -0.2) is 0 Å². The van der Waals surface area contributed by atoms with Crippen LogP contribution in [0.5, 0.6) is 0 Å². The molecule has 2 heteroatoms. The summed E-state index contributed by atoms with van der Waals surface area (Å²) in [5.74, 6) is 0. The lowest BCUT2D eigenvalue weighted by molar-refractivity contribution is -0.0469. The fourth-order valence-corrected chi connectivity index (χ4v) is 1.61. The molecule has 2 saturated heterocycles. The van der Waals surface area contributed by atoms with Crippen LogP contribution in [-0.2, 0) is 9.47 Å². The summed E-state index contributed by atoms with van der Waals surface area (Å²) >= 11 is 0. The van der Waals surface area contributed by atoms with Gasteiger partial charge in [-0.15, -0.1) is 0 Å². The van der Waals surface area contributed by atoms with Crippen molar-refractivity contribution in [2.45, 2.75) is 31.5 Å². The van der Waals surface area contributed by atoms with Gasteiger partial charge < -0.3 is 9.47 Å². The molecule has 0 bridgehead atoms. The first-order valence-electron chi connectivity index (χ1n) is 3.70. The van der Waals surface area contributed by atoms with Crippen molar-refractivity contribution in [2.75, 3.05) is 13.2 Å². The Morgan fingerprint density at radius 2 is 1.67 bits per heavy atom. The first kappa shape index (κ1) is 5.69. The zero-order valence-electron chi connectivity index (χ0n) is 5.51. The highest BCUT2D eigenvalue weighted by molar-refractivity contribution is 4.79. The monoisotopic (exact) mass is 128 g/mol. The molecule has 52 valence electrons. The van der Waals surface area contributed by atoms with Crippen LogP contribution >= 0.6 is 0 Å². The average molecular weight is 128 g/mol. The molecule has 2 heterocycles. The summed E-state index contributed by atoms with van der Waals surface area (Å²) in [4.78, 5) is 0. The highest BCUT2D eigenvalue weighted by atomic mass is 16.6. The molecule has 2 aliphatic rings. The molecule has 0 N–H and O–H groups in total. The number of hydrogen-bond acceptors (Lipinski definition) is 2. The molecule has 2 unspecified atom stereocenters. The summed E-state index contributed by atoms with van der Waals surface area (Å²) in [6.07, 6.45) is 4.40. The van der Waals surface area contributed by atoms with Gasteiger partial charge in [0.1, 0.15) is 0 Å². The highest BCUT2D eigenvalue weighted by Crippen LogP contribution is 2.24. The first-order valence-corrected chi connectivity index (χ1v) is 3.70. The van der Waals surface area contributed by atoms with E-state index in [2.05, 4.69) is 0 Å². The zero-order valence-corrected chi connectivity index (χ0v) is 5.51. The molecule has 2 atom stereocenters. The fourth-order valence-electron chi connectivity index (χ4n) is 1.61. The SMILES string of the molecule is C1COC2CCOC2C1. The van der Waals surface area contributed by atoms with Crippen LogP contribution in [0.1, 0.15) is 19.3 Å². The molecule has 0 radical (unpaired) electrons. The summed E-state index contributed by atoms with van der Waals surface area (Å²) in [6.45, 7) is 1.86. The van der Waals surface area contributed by atoms with Gasteiger partial charge in [0.05, 0.1) is 12.2 Å². The number of ether oxygens (including phenoxy) is 2. The van der Waals surface area contributed by atoms with Crippen LogP contribution in [0.25, 0.3) is 0 Å². The van der Waals surface area contributed by atoms with E-state index in [1.54, 1.807) is 0 Å². The maximum Gasteiger partial charge on any atom is 0.0858 e. The summed E-state index contributed by atoms with van der Waals surface area (Å²) in [5, 5.41) is 0. The third-order valence-corrected chi connectivity index (χ3v) is 2.11. The lowest BCUT2D eigenvalue weighted by Gasteiger charge is -2.23. The normalized spacial score (nSPS) is 42.7. The number of hydrogen-bond donors (Lipinski definition) is 0.